The fourth-order valence-electron chi connectivity index (χ4n) is 2.18. The van der Waals surface area contributed by atoms with Crippen LogP contribution in [0.1, 0.15) is 38.1 Å². The average Bonchev–Trinajstić information content (AvgIpc) is 2.69. The summed E-state index contributed by atoms with van der Waals surface area (Å²) in [6.07, 6.45) is 5.46. The van der Waals surface area contributed by atoms with Crippen LogP contribution in [0.5, 0.6) is 0 Å². The van der Waals surface area contributed by atoms with Crippen LogP contribution < -0.4 is 5.32 Å². The molecule has 0 radical (unpaired) electrons. The molecule has 0 saturated heterocycles. The van der Waals surface area contributed by atoms with Gasteiger partial charge in [-0.25, -0.2) is 0 Å². The van der Waals surface area contributed by atoms with Crippen LogP contribution in [-0.4, -0.2) is 34.4 Å². The molecule has 0 fully saturated rings. The molecule has 1 aromatic heterocycles. The molecule has 0 aliphatic rings. The Morgan fingerprint density at radius 1 is 1.42 bits per heavy atom. The zero-order valence-electron chi connectivity index (χ0n) is 12.5. The molecule has 1 N–H and O–H groups in total. The first-order valence-corrected chi connectivity index (χ1v) is 8.85. The number of hydrogen-bond acceptors (Lipinski definition) is 3. The highest BCUT2D eigenvalue weighted by Crippen LogP contribution is 2.22. The minimum atomic E-state index is 0.492. The van der Waals surface area contributed by atoms with Gasteiger partial charge < -0.3 is 5.32 Å². The molecule has 110 valence electrons. The molecule has 19 heavy (non-hydrogen) atoms. The van der Waals surface area contributed by atoms with Gasteiger partial charge in [0.05, 0.1) is 16.4 Å². The summed E-state index contributed by atoms with van der Waals surface area (Å²) < 4.78 is 2.04. The molecule has 0 aromatic carbocycles. The maximum atomic E-state index is 6.39. The molecule has 0 saturated carbocycles. The normalized spacial score (nSPS) is 12.9. The first-order valence-electron chi connectivity index (χ1n) is 7.08. The lowest BCUT2D eigenvalue weighted by atomic mass is 10.1. The minimum absolute atomic E-state index is 0.492. The summed E-state index contributed by atoms with van der Waals surface area (Å²) in [6, 6.07) is 0.492. The second-order valence-corrected chi connectivity index (χ2v) is 6.16. The molecule has 1 rings (SSSR count). The fraction of sp³-hybridized carbons (Fsp3) is 0.786. The molecular formula is C14H26ClN3S. The van der Waals surface area contributed by atoms with Gasteiger partial charge in [0.2, 0.25) is 0 Å². The van der Waals surface area contributed by atoms with Crippen LogP contribution in [0.15, 0.2) is 0 Å². The SMILES string of the molecule is CCCNC(CCSC)Cc1c(Cl)c(C)nn1CC. The van der Waals surface area contributed by atoms with Crippen molar-refractivity contribution in [3.05, 3.63) is 16.4 Å². The molecular weight excluding hydrogens is 278 g/mol. The van der Waals surface area contributed by atoms with Crippen LogP contribution in [0.2, 0.25) is 5.02 Å². The van der Waals surface area contributed by atoms with Crippen molar-refractivity contribution in [2.45, 2.75) is 52.6 Å². The van der Waals surface area contributed by atoms with E-state index in [2.05, 4.69) is 30.5 Å². The number of nitrogens with one attached hydrogen (secondary N) is 1. The highest BCUT2D eigenvalue weighted by Gasteiger charge is 2.17. The monoisotopic (exact) mass is 303 g/mol. The largest absolute Gasteiger partial charge is 0.314 e. The van der Waals surface area contributed by atoms with Gasteiger partial charge in [0.1, 0.15) is 0 Å². The quantitative estimate of drug-likeness (QED) is 0.757. The van der Waals surface area contributed by atoms with E-state index in [0.29, 0.717) is 6.04 Å². The van der Waals surface area contributed by atoms with Gasteiger partial charge in [-0.15, -0.1) is 0 Å². The first kappa shape index (κ1) is 16.9. The number of aromatic nitrogens is 2. The summed E-state index contributed by atoms with van der Waals surface area (Å²) in [5.41, 5.74) is 2.12. The minimum Gasteiger partial charge on any atom is -0.314 e. The Kier molecular flexibility index (Phi) is 7.88. The second-order valence-electron chi connectivity index (χ2n) is 4.80. The van der Waals surface area contributed by atoms with Crippen molar-refractivity contribution in [3.8, 4) is 0 Å². The number of thioether (sulfide) groups is 1. The Morgan fingerprint density at radius 2 is 2.16 bits per heavy atom. The molecule has 0 aliphatic heterocycles. The van der Waals surface area contributed by atoms with E-state index in [1.165, 1.54) is 17.9 Å². The lowest BCUT2D eigenvalue weighted by Gasteiger charge is -2.19. The van der Waals surface area contributed by atoms with E-state index in [1.54, 1.807) is 0 Å². The van der Waals surface area contributed by atoms with Gasteiger partial charge in [0.15, 0.2) is 0 Å². The van der Waals surface area contributed by atoms with Gasteiger partial charge in [0.25, 0.3) is 0 Å². The van der Waals surface area contributed by atoms with Crippen molar-refractivity contribution < 1.29 is 0 Å². The molecule has 1 unspecified atom stereocenters. The lowest BCUT2D eigenvalue weighted by Crippen LogP contribution is -2.33. The van der Waals surface area contributed by atoms with Gasteiger partial charge in [-0.05, 0) is 45.2 Å². The van der Waals surface area contributed by atoms with E-state index in [4.69, 9.17) is 11.6 Å². The van der Waals surface area contributed by atoms with Gasteiger partial charge in [-0.2, -0.15) is 16.9 Å². The lowest BCUT2D eigenvalue weighted by molar-refractivity contribution is 0.477. The Labute approximate surface area is 126 Å². The van der Waals surface area contributed by atoms with E-state index < -0.39 is 0 Å². The Morgan fingerprint density at radius 3 is 2.74 bits per heavy atom. The number of aryl methyl sites for hydroxylation is 2. The number of nitrogens with zero attached hydrogens (tertiary/aromatic N) is 2. The highest BCUT2D eigenvalue weighted by atomic mass is 35.5. The average molecular weight is 304 g/mol. The van der Waals surface area contributed by atoms with Crippen LogP contribution in [0, 0.1) is 6.92 Å². The van der Waals surface area contributed by atoms with Crippen molar-refractivity contribution in [1.82, 2.24) is 15.1 Å². The highest BCUT2D eigenvalue weighted by molar-refractivity contribution is 7.98. The van der Waals surface area contributed by atoms with Crippen LogP contribution >= 0.6 is 23.4 Å². The third-order valence-corrected chi connectivity index (χ3v) is 4.38. The zero-order valence-corrected chi connectivity index (χ0v) is 14.1. The van der Waals surface area contributed by atoms with E-state index >= 15 is 0 Å². The van der Waals surface area contributed by atoms with Crippen LogP contribution in [0.4, 0.5) is 0 Å². The van der Waals surface area contributed by atoms with Crippen LogP contribution in [0.3, 0.4) is 0 Å². The Balaban J connectivity index is 2.76. The Bertz CT molecular complexity index is 371. The molecule has 1 atom stereocenters. The van der Waals surface area contributed by atoms with Crippen molar-refractivity contribution in [3.63, 3.8) is 0 Å². The standard InChI is InChI=1S/C14H26ClN3S/c1-5-8-16-12(7-9-19-4)10-13-14(15)11(3)17-18(13)6-2/h12,16H,5-10H2,1-4H3. The third-order valence-electron chi connectivity index (χ3n) is 3.25. The van der Waals surface area contributed by atoms with E-state index in [9.17, 15) is 0 Å². The summed E-state index contributed by atoms with van der Waals surface area (Å²) in [5, 5.41) is 8.96. The first-order chi connectivity index (χ1) is 9.13. The molecule has 5 heteroatoms. The van der Waals surface area contributed by atoms with E-state index in [1.807, 2.05) is 23.4 Å². The van der Waals surface area contributed by atoms with Crippen LogP contribution in [-0.2, 0) is 13.0 Å². The predicted octanol–water partition coefficient (Wildman–Crippen LogP) is 3.53. The topological polar surface area (TPSA) is 29.9 Å². The number of rotatable bonds is 9. The summed E-state index contributed by atoms with van der Waals surface area (Å²) in [7, 11) is 0. The number of halogens is 1. The smallest absolute Gasteiger partial charge is 0.0847 e. The van der Waals surface area contributed by atoms with Crippen LogP contribution in [0.25, 0.3) is 0 Å². The second kappa shape index (κ2) is 8.88. The molecule has 3 nitrogen and oxygen atoms in total. The van der Waals surface area contributed by atoms with E-state index in [-0.39, 0.29) is 0 Å². The fourth-order valence-corrected chi connectivity index (χ4v) is 2.91. The maximum absolute atomic E-state index is 6.39. The van der Waals surface area contributed by atoms with Gasteiger partial charge >= 0.3 is 0 Å². The van der Waals surface area contributed by atoms with Gasteiger partial charge in [-0.3, -0.25) is 4.68 Å². The van der Waals surface area contributed by atoms with E-state index in [0.717, 1.165) is 36.6 Å². The summed E-state index contributed by atoms with van der Waals surface area (Å²) in [5.74, 6) is 1.18. The predicted molar refractivity (Wildman–Crippen MR) is 86.4 cm³/mol. The van der Waals surface area contributed by atoms with Crippen molar-refractivity contribution in [1.29, 1.82) is 0 Å². The summed E-state index contributed by atoms with van der Waals surface area (Å²) in [6.45, 7) is 8.24. The number of hydrogen-bond donors (Lipinski definition) is 1. The molecule has 0 aliphatic carbocycles. The summed E-state index contributed by atoms with van der Waals surface area (Å²) in [4.78, 5) is 0. The molecule has 1 aromatic rings. The zero-order chi connectivity index (χ0) is 14.3. The summed E-state index contributed by atoms with van der Waals surface area (Å²) >= 11 is 8.29. The molecule has 0 amide bonds. The van der Waals surface area contributed by atoms with Gasteiger partial charge in [0, 0.05) is 19.0 Å². The molecule has 0 bridgehead atoms. The third kappa shape index (κ3) is 5.01. The van der Waals surface area contributed by atoms with Crippen molar-refractivity contribution in [2.24, 2.45) is 0 Å². The Hall–Kier alpha value is -0.190. The maximum Gasteiger partial charge on any atom is 0.0847 e. The van der Waals surface area contributed by atoms with Gasteiger partial charge in [-0.1, -0.05) is 18.5 Å². The molecule has 0 spiro atoms. The molecule has 1 heterocycles. The van der Waals surface area contributed by atoms with Crippen molar-refractivity contribution in [2.75, 3.05) is 18.6 Å². The van der Waals surface area contributed by atoms with Crippen molar-refractivity contribution >= 4 is 23.4 Å².